The molecule has 2 amide bonds. The van der Waals surface area contributed by atoms with Crippen LogP contribution in [0.1, 0.15) is 0 Å². The number of carbonyl (C=O) groups excluding carboxylic acids is 1. The summed E-state index contributed by atoms with van der Waals surface area (Å²) in [5.74, 6) is 0.251. The van der Waals surface area contributed by atoms with Crippen molar-refractivity contribution in [1.82, 2.24) is 5.16 Å². The molecule has 0 radical (unpaired) electrons. The third-order valence-electron chi connectivity index (χ3n) is 1.88. The van der Waals surface area contributed by atoms with Gasteiger partial charge in [-0.05, 0) is 18.2 Å². The van der Waals surface area contributed by atoms with Gasteiger partial charge < -0.3 is 14.9 Å². The van der Waals surface area contributed by atoms with Gasteiger partial charge in [-0.25, -0.2) is 4.79 Å². The van der Waals surface area contributed by atoms with Crippen LogP contribution in [0.25, 0.3) is 0 Å². The molecule has 88 valence electrons. The normalized spacial score (nSPS) is 9.94. The summed E-state index contributed by atoms with van der Waals surface area (Å²) >= 11 is 5.69. The molecule has 2 rings (SSSR count). The van der Waals surface area contributed by atoms with Crippen LogP contribution in [0.4, 0.5) is 16.3 Å². The van der Waals surface area contributed by atoms with Gasteiger partial charge in [0, 0.05) is 11.8 Å². The molecule has 0 bridgehead atoms. The van der Waals surface area contributed by atoms with E-state index in [1.54, 1.807) is 0 Å². The molecular weight excluding hydrogens is 246 g/mol. The maximum absolute atomic E-state index is 11.5. The standard InChI is InChI=1S/C10H8ClN3O3/c11-7-5-6(1-2-8(7)15)12-10(16)13-9-3-4-17-14-9/h1-5,15H,(H2,12,13,14,16). The van der Waals surface area contributed by atoms with Crippen molar-refractivity contribution in [3.63, 3.8) is 0 Å². The van der Waals surface area contributed by atoms with Crippen LogP contribution in [0.5, 0.6) is 5.75 Å². The Kier molecular flexibility index (Phi) is 3.15. The van der Waals surface area contributed by atoms with Crippen LogP contribution in [0, 0.1) is 0 Å². The molecule has 0 saturated carbocycles. The Morgan fingerprint density at radius 3 is 2.82 bits per heavy atom. The van der Waals surface area contributed by atoms with Crippen molar-refractivity contribution < 1.29 is 14.4 Å². The summed E-state index contributed by atoms with van der Waals surface area (Å²) in [6.07, 6.45) is 1.34. The molecule has 0 saturated heterocycles. The van der Waals surface area contributed by atoms with Gasteiger partial charge in [0.1, 0.15) is 12.0 Å². The van der Waals surface area contributed by atoms with Crippen LogP contribution in [0.15, 0.2) is 35.1 Å². The second-order valence-electron chi connectivity index (χ2n) is 3.13. The fourth-order valence-corrected chi connectivity index (χ4v) is 1.32. The Labute approximate surface area is 101 Å². The molecule has 17 heavy (non-hydrogen) atoms. The van der Waals surface area contributed by atoms with Gasteiger partial charge in [-0.2, -0.15) is 0 Å². The number of rotatable bonds is 2. The third-order valence-corrected chi connectivity index (χ3v) is 2.19. The average molecular weight is 254 g/mol. The molecule has 1 aromatic heterocycles. The van der Waals surface area contributed by atoms with Gasteiger partial charge in [0.05, 0.1) is 5.02 Å². The minimum Gasteiger partial charge on any atom is -0.506 e. The van der Waals surface area contributed by atoms with E-state index in [2.05, 4.69) is 20.3 Å². The molecule has 2 aromatic rings. The maximum atomic E-state index is 11.5. The molecule has 0 aliphatic carbocycles. The molecule has 3 N–H and O–H groups in total. The van der Waals surface area contributed by atoms with E-state index in [9.17, 15) is 9.90 Å². The van der Waals surface area contributed by atoms with E-state index in [0.717, 1.165) is 0 Å². The lowest BCUT2D eigenvalue weighted by Crippen LogP contribution is -2.19. The van der Waals surface area contributed by atoms with Crippen LogP contribution < -0.4 is 10.6 Å². The molecule has 0 fully saturated rings. The van der Waals surface area contributed by atoms with Crippen molar-refractivity contribution in [3.05, 3.63) is 35.6 Å². The number of nitrogens with zero attached hydrogens (tertiary/aromatic N) is 1. The van der Waals surface area contributed by atoms with Crippen LogP contribution in [-0.2, 0) is 0 Å². The summed E-state index contributed by atoms with van der Waals surface area (Å²) in [6, 6.07) is 5.35. The number of phenols is 1. The first-order valence-electron chi connectivity index (χ1n) is 4.62. The number of hydrogen-bond acceptors (Lipinski definition) is 4. The van der Waals surface area contributed by atoms with E-state index >= 15 is 0 Å². The number of anilines is 2. The minimum atomic E-state index is -0.486. The summed E-state index contributed by atoms with van der Waals surface area (Å²) in [5.41, 5.74) is 0.453. The first-order chi connectivity index (χ1) is 8.15. The minimum absolute atomic E-state index is 0.0471. The fraction of sp³-hybridized carbons (Fsp3) is 0. The smallest absolute Gasteiger partial charge is 0.324 e. The van der Waals surface area contributed by atoms with Crippen molar-refractivity contribution in [2.45, 2.75) is 0 Å². The van der Waals surface area contributed by atoms with E-state index in [1.807, 2.05) is 0 Å². The third kappa shape index (κ3) is 2.88. The Balaban J connectivity index is 2.00. The molecular formula is C10H8ClN3O3. The van der Waals surface area contributed by atoms with Crippen molar-refractivity contribution in [2.24, 2.45) is 0 Å². The lowest BCUT2D eigenvalue weighted by Gasteiger charge is -2.06. The highest BCUT2D eigenvalue weighted by molar-refractivity contribution is 6.32. The van der Waals surface area contributed by atoms with E-state index in [4.69, 9.17) is 11.6 Å². The van der Waals surface area contributed by atoms with Crippen molar-refractivity contribution in [3.8, 4) is 5.75 Å². The molecule has 0 aliphatic rings. The van der Waals surface area contributed by atoms with Crippen LogP contribution in [0.3, 0.4) is 0 Å². The number of amides is 2. The lowest BCUT2D eigenvalue weighted by molar-refractivity contribution is 0.262. The second-order valence-corrected chi connectivity index (χ2v) is 3.54. The Morgan fingerprint density at radius 2 is 2.18 bits per heavy atom. The van der Waals surface area contributed by atoms with E-state index in [0.29, 0.717) is 11.5 Å². The zero-order chi connectivity index (χ0) is 12.3. The zero-order valence-electron chi connectivity index (χ0n) is 8.48. The zero-order valence-corrected chi connectivity index (χ0v) is 9.23. The number of hydrogen-bond donors (Lipinski definition) is 3. The number of aromatic hydroxyl groups is 1. The molecule has 0 spiro atoms. The number of urea groups is 1. The van der Waals surface area contributed by atoms with E-state index < -0.39 is 6.03 Å². The summed E-state index contributed by atoms with van der Waals surface area (Å²) < 4.78 is 4.55. The maximum Gasteiger partial charge on any atom is 0.324 e. The molecule has 1 aromatic carbocycles. The molecule has 1 heterocycles. The van der Waals surface area contributed by atoms with Gasteiger partial charge in [-0.15, -0.1) is 0 Å². The molecule has 0 aliphatic heterocycles. The quantitative estimate of drug-likeness (QED) is 0.718. The van der Waals surface area contributed by atoms with E-state index in [-0.39, 0.29) is 10.8 Å². The van der Waals surface area contributed by atoms with Crippen molar-refractivity contribution in [2.75, 3.05) is 10.6 Å². The van der Waals surface area contributed by atoms with Gasteiger partial charge in [-0.3, -0.25) is 5.32 Å². The highest BCUT2D eigenvalue weighted by Crippen LogP contribution is 2.26. The molecule has 0 unspecified atom stereocenters. The predicted molar refractivity (Wildman–Crippen MR) is 62.3 cm³/mol. The van der Waals surface area contributed by atoms with Crippen molar-refractivity contribution in [1.29, 1.82) is 0 Å². The Hall–Kier alpha value is -2.21. The number of aromatic nitrogens is 1. The topological polar surface area (TPSA) is 87.4 Å². The predicted octanol–water partition coefficient (Wildman–Crippen LogP) is 2.68. The monoisotopic (exact) mass is 253 g/mol. The number of benzene rings is 1. The highest BCUT2D eigenvalue weighted by atomic mass is 35.5. The molecule has 7 heteroatoms. The van der Waals surface area contributed by atoms with Gasteiger partial charge in [0.2, 0.25) is 0 Å². The lowest BCUT2D eigenvalue weighted by atomic mass is 10.3. The van der Waals surface area contributed by atoms with E-state index in [1.165, 1.54) is 30.5 Å². The highest BCUT2D eigenvalue weighted by Gasteiger charge is 2.06. The summed E-state index contributed by atoms with van der Waals surface area (Å²) in [7, 11) is 0. The average Bonchev–Trinajstić information content (AvgIpc) is 2.76. The number of phenolic OH excluding ortho intramolecular Hbond substituents is 1. The van der Waals surface area contributed by atoms with Gasteiger partial charge >= 0.3 is 6.03 Å². The van der Waals surface area contributed by atoms with Crippen LogP contribution in [0.2, 0.25) is 5.02 Å². The fourth-order valence-electron chi connectivity index (χ4n) is 1.14. The second kappa shape index (κ2) is 4.75. The summed E-state index contributed by atoms with van der Waals surface area (Å²) in [5, 5.41) is 17.8. The van der Waals surface area contributed by atoms with Crippen molar-refractivity contribution >= 4 is 29.1 Å². The first kappa shape index (κ1) is 11.3. The van der Waals surface area contributed by atoms with Crippen LogP contribution in [-0.4, -0.2) is 16.3 Å². The molecule has 0 atom stereocenters. The van der Waals surface area contributed by atoms with Gasteiger partial charge in [0.15, 0.2) is 5.82 Å². The number of nitrogens with one attached hydrogen (secondary N) is 2. The molecule has 6 nitrogen and oxygen atoms in total. The summed E-state index contributed by atoms with van der Waals surface area (Å²) in [6.45, 7) is 0. The van der Waals surface area contributed by atoms with Gasteiger partial charge in [0.25, 0.3) is 0 Å². The number of carbonyl (C=O) groups is 1. The van der Waals surface area contributed by atoms with Crippen LogP contribution >= 0.6 is 11.6 Å². The Morgan fingerprint density at radius 1 is 1.35 bits per heavy atom. The largest absolute Gasteiger partial charge is 0.506 e. The van der Waals surface area contributed by atoms with Gasteiger partial charge in [-0.1, -0.05) is 16.8 Å². The Bertz CT molecular complexity index is 528. The number of halogens is 1. The first-order valence-corrected chi connectivity index (χ1v) is 5.00. The SMILES string of the molecule is O=C(Nc1ccc(O)c(Cl)c1)Nc1ccon1. The summed E-state index contributed by atoms with van der Waals surface area (Å²) in [4.78, 5) is 11.5.